The zero-order valence-corrected chi connectivity index (χ0v) is 14.0. The molecule has 0 unspecified atom stereocenters. The maximum atomic E-state index is 12.8. The monoisotopic (exact) mass is 330 g/mol. The van der Waals surface area contributed by atoms with Crippen molar-refractivity contribution in [1.29, 1.82) is 0 Å². The van der Waals surface area contributed by atoms with E-state index in [1.165, 1.54) is 0 Å². The van der Waals surface area contributed by atoms with Gasteiger partial charge in [0.1, 0.15) is 0 Å². The van der Waals surface area contributed by atoms with Gasteiger partial charge in [-0.1, -0.05) is 30.1 Å². The van der Waals surface area contributed by atoms with Gasteiger partial charge in [-0.3, -0.25) is 9.59 Å². The van der Waals surface area contributed by atoms with Gasteiger partial charge < -0.3 is 10.0 Å². The van der Waals surface area contributed by atoms with Crippen LogP contribution in [0.2, 0.25) is 0 Å². The summed E-state index contributed by atoms with van der Waals surface area (Å²) in [4.78, 5) is 27.9. The lowest BCUT2D eigenvalue weighted by molar-refractivity contribution is -0.137. The van der Waals surface area contributed by atoms with Gasteiger partial charge in [-0.15, -0.1) is 0 Å². The Hall–Kier alpha value is -2.53. The fourth-order valence-electron chi connectivity index (χ4n) is 3.20. The summed E-state index contributed by atoms with van der Waals surface area (Å²) in [7, 11) is 0. The highest BCUT2D eigenvalue weighted by Gasteiger charge is 2.44. The quantitative estimate of drug-likeness (QED) is 0.332. The molecule has 24 heavy (non-hydrogen) atoms. The van der Waals surface area contributed by atoms with Gasteiger partial charge in [0.15, 0.2) is 0 Å². The standard InChI is InChI=1S/C17H22N4O3/c1-17(2)15-12(19-20-18)8-7-9-13(15)21(16(17)24)11-6-4-3-5-10-14(22)23/h7-9H,3-6,10-11H2,1-2H3,(H,22,23). The number of carbonyl (C=O) groups is 2. The number of carbonyl (C=O) groups excluding carboxylic acids is 1. The van der Waals surface area contributed by atoms with Crippen molar-refractivity contribution in [3.8, 4) is 0 Å². The molecule has 1 amide bonds. The summed E-state index contributed by atoms with van der Waals surface area (Å²) in [6, 6.07) is 5.39. The Kier molecular flexibility index (Phi) is 5.46. The van der Waals surface area contributed by atoms with Gasteiger partial charge in [0, 0.05) is 34.8 Å². The van der Waals surface area contributed by atoms with Crippen molar-refractivity contribution in [3.63, 3.8) is 0 Å². The summed E-state index contributed by atoms with van der Waals surface area (Å²) in [5, 5.41) is 12.4. The molecule has 0 fully saturated rings. The molecular formula is C17H22N4O3. The smallest absolute Gasteiger partial charge is 0.303 e. The van der Waals surface area contributed by atoms with E-state index in [1.54, 1.807) is 17.0 Å². The largest absolute Gasteiger partial charge is 0.481 e. The lowest BCUT2D eigenvalue weighted by Gasteiger charge is -2.20. The summed E-state index contributed by atoms with van der Waals surface area (Å²) >= 11 is 0. The summed E-state index contributed by atoms with van der Waals surface area (Å²) in [5.41, 5.74) is 10.1. The Labute approximate surface area is 140 Å². The number of unbranched alkanes of at least 4 members (excludes halogenated alkanes) is 3. The van der Waals surface area contributed by atoms with E-state index in [0.29, 0.717) is 18.7 Å². The highest BCUT2D eigenvalue weighted by Crippen LogP contribution is 2.46. The maximum Gasteiger partial charge on any atom is 0.303 e. The van der Waals surface area contributed by atoms with Crippen LogP contribution in [-0.4, -0.2) is 23.5 Å². The number of amides is 1. The molecule has 0 atom stereocenters. The zero-order valence-electron chi connectivity index (χ0n) is 14.0. The third kappa shape index (κ3) is 3.51. The Morgan fingerprint density at radius 1 is 1.29 bits per heavy atom. The predicted octanol–water partition coefficient (Wildman–Crippen LogP) is 4.29. The number of benzene rings is 1. The summed E-state index contributed by atoms with van der Waals surface area (Å²) in [6.45, 7) is 4.27. The van der Waals surface area contributed by atoms with Gasteiger partial charge >= 0.3 is 5.97 Å². The number of carboxylic acids is 1. The fourth-order valence-corrected chi connectivity index (χ4v) is 3.20. The first-order valence-electron chi connectivity index (χ1n) is 8.12. The van der Waals surface area contributed by atoms with Crippen LogP contribution in [0.4, 0.5) is 11.4 Å². The molecule has 7 nitrogen and oxygen atoms in total. The summed E-state index contributed by atoms with van der Waals surface area (Å²) in [6.07, 6.45) is 3.37. The molecule has 1 N–H and O–H groups in total. The van der Waals surface area contributed by atoms with E-state index in [2.05, 4.69) is 10.0 Å². The van der Waals surface area contributed by atoms with E-state index < -0.39 is 11.4 Å². The van der Waals surface area contributed by atoms with Crippen LogP contribution in [0.3, 0.4) is 0 Å². The summed E-state index contributed by atoms with van der Waals surface area (Å²) in [5.74, 6) is -0.769. The fraction of sp³-hybridized carbons (Fsp3) is 0.529. The minimum atomic E-state index is -0.772. The molecule has 2 rings (SSSR count). The van der Waals surface area contributed by atoms with Gasteiger partial charge in [-0.25, -0.2) is 0 Å². The van der Waals surface area contributed by atoms with Crippen LogP contribution >= 0.6 is 0 Å². The highest BCUT2D eigenvalue weighted by molar-refractivity contribution is 6.09. The molecule has 0 radical (unpaired) electrons. The third-order valence-electron chi connectivity index (χ3n) is 4.39. The van der Waals surface area contributed by atoms with Crippen LogP contribution in [0.1, 0.15) is 51.5 Å². The van der Waals surface area contributed by atoms with Crippen LogP contribution in [0.25, 0.3) is 10.4 Å². The SMILES string of the molecule is CC1(C)C(=O)N(CCCCCCC(=O)O)c2cccc(N=[N+]=[N-])c21. The van der Waals surface area contributed by atoms with Crippen molar-refractivity contribution < 1.29 is 14.7 Å². The van der Waals surface area contributed by atoms with Crippen LogP contribution in [0.5, 0.6) is 0 Å². The van der Waals surface area contributed by atoms with E-state index in [-0.39, 0.29) is 12.3 Å². The van der Waals surface area contributed by atoms with Gasteiger partial charge in [-0.05, 0) is 38.3 Å². The van der Waals surface area contributed by atoms with Crippen molar-refractivity contribution >= 4 is 23.3 Å². The third-order valence-corrected chi connectivity index (χ3v) is 4.39. The van der Waals surface area contributed by atoms with E-state index in [1.807, 2.05) is 19.9 Å². The maximum absolute atomic E-state index is 12.8. The molecule has 0 spiro atoms. The van der Waals surface area contributed by atoms with Crippen molar-refractivity contribution in [1.82, 2.24) is 0 Å². The molecule has 1 heterocycles. The van der Waals surface area contributed by atoms with Crippen molar-refractivity contribution in [2.24, 2.45) is 5.11 Å². The molecule has 7 heteroatoms. The summed E-state index contributed by atoms with van der Waals surface area (Å²) < 4.78 is 0. The van der Waals surface area contributed by atoms with Crippen molar-refractivity contribution in [2.45, 2.75) is 51.4 Å². The Morgan fingerprint density at radius 3 is 2.67 bits per heavy atom. The second-order valence-electron chi connectivity index (χ2n) is 6.50. The molecule has 1 aliphatic heterocycles. The molecule has 0 aliphatic carbocycles. The van der Waals surface area contributed by atoms with Crippen LogP contribution in [0, 0.1) is 0 Å². The minimum Gasteiger partial charge on any atom is -0.481 e. The first-order valence-corrected chi connectivity index (χ1v) is 8.12. The number of azide groups is 1. The topological polar surface area (TPSA) is 106 Å². The Balaban J connectivity index is 2.08. The highest BCUT2D eigenvalue weighted by atomic mass is 16.4. The molecular weight excluding hydrogens is 308 g/mol. The van der Waals surface area contributed by atoms with E-state index in [0.717, 1.165) is 30.5 Å². The first-order chi connectivity index (χ1) is 11.4. The molecule has 0 saturated heterocycles. The number of nitrogens with zero attached hydrogens (tertiary/aromatic N) is 4. The molecule has 128 valence electrons. The van der Waals surface area contributed by atoms with Gasteiger partial charge in [-0.2, -0.15) is 0 Å². The normalized spacial score (nSPS) is 15.1. The molecule has 0 saturated carbocycles. The Morgan fingerprint density at radius 2 is 2.00 bits per heavy atom. The molecule has 0 aromatic heterocycles. The second-order valence-corrected chi connectivity index (χ2v) is 6.50. The van der Waals surface area contributed by atoms with Crippen LogP contribution < -0.4 is 4.90 Å². The average molecular weight is 330 g/mol. The number of hydrogen-bond acceptors (Lipinski definition) is 3. The predicted molar refractivity (Wildman–Crippen MR) is 91.3 cm³/mol. The number of fused-ring (bicyclic) bond motifs is 1. The second kappa shape index (κ2) is 7.36. The number of carboxylic acid groups (broad SMARTS) is 1. The average Bonchev–Trinajstić information content (AvgIpc) is 2.72. The lowest BCUT2D eigenvalue weighted by atomic mass is 9.85. The number of rotatable bonds is 8. The van der Waals surface area contributed by atoms with Crippen LogP contribution in [-0.2, 0) is 15.0 Å². The lowest BCUT2D eigenvalue weighted by Crippen LogP contribution is -2.36. The zero-order chi connectivity index (χ0) is 17.7. The molecule has 1 aromatic carbocycles. The van der Waals surface area contributed by atoms with Gasteiger partial charge in [0.05, 0.1) is 5.41 Å². The van der Waals surface area contributed by atoms with E-state index in [4.69, 9.17) is 10.6 Å². The molecule has 1 aliphatic rings. The number of aliphatic carboxylic acids is 1. The van der Waals surface area contributed by atoms with Gasteiger partial charge in [0.25, 0.3) is 0 Å². The van der Waals surface area contributed by atoms with Crippen molar-refractivity contribution in [2.75, 3.05) is 11.4 Å². The van der Waals surface area contributed by atoms with E-state index in [9.17, 15) is 9.59 Å². The van der Waals surface area contributed by atoms with Gasteiger partial charge in [0.2, 0.25) is 5.91 Å². The van der Waals surface area contributed by atoms with Crippen LogP contribution in [0.15, 0.2) is 23.3 Å². The Bertz CT molecular complexity index is 693. The number of hydrogen-bond donors (Lipinski definition) is 1. The molecule has 1 aromatic rings. The first kappa shape index (κ1) is 17.8. The van der Waals surface area contributed by atoms with Crippen molar-refractivity contribution in [3.05, 3.63) is 34.2 Å². The van der Waals surface area contributed by atoms with E-state index >= 15 is 0 Å². The number of anilines is 1. The molecule has 0 bridgehead atoms. The minimum absolute atomic E-state index is 0.00336.